The van der Waals surface area contributed by atoms with E-state index in [4.69, 9.17) is 21.1 Å². The first-order valence-corrected chi connectivity index (χ1v) is 11.3. The molecule has 4 rings (SSSR count). The van der Waals surface area contributed by atoms with Gasteiger partial charge in [-0.1, -0.05) is 17.7 Å². The minimum Gasteiger partial charge on any atom is -0.486 e. The molecule has 0 radical (unpaired) electrons. The van der Waals surface area contributed by atoms with E-state index in [1.807, 2.05) is 0 Å². The number of hydrogen-bond acceptors (Lipinski definition) is 7. The summed E-state index contributed by atoms with van der Waals surface area (Å²) in [6, 6.07) is 9.71. The molecule has 1 amide bonds. The molecule has 35 heavy (non-hydrogen) atoms. The largest absolute Gasteiger partial charge is 0.486 e. The number of nitrogens with one attached hydrogen (secondary N) is 3. The summed E-state index contributed by atoms with van der Waals surface area (Å²) in [5.41, 5.74) is 2.15. The molecule has 1 aromatic heterocycles. The molecule has 1 aliphatic heterocycles. The number of pyridine rings is 1. The third-order valence-corrected chi connectivity index (χ3v) is 5.60. The number of hydrogen-bond donors (Lipinski definition) is 3. The number of aromatic nitrogens is 1. The number of carbonyl (C=O) groups is 1. The minimum absolute atomic E-state index is 0.0531. The molecule has 0 spiro atoms. The van der Waals surface area contributed by atoms with Gasteiger partial charge in [0.25, 0.3) is 0 Å². The molecule has 2 heterocycles. The van der Waals surface area contributed by atoms with E-state index in [0.29, 0.717) is 53.5 Å². The Balaban J connectivity index is 1.78. The van der Waals surface area contributed by atoms with Gasteiger partial charge < -0.3 is 25.4 Å². The first-order valence-electron chi connectivity index (χ1n) is 10.9. The molecule has 1 saturated heterocycles. The lowest BCUT2D eigenvalue weighted by Crippen LogP contribution is -2.18. The van der Waals surface area contributed by atoms with Gasteiger partial charge in [-0.25, -0.2) is 4.39 Å². The number of anilines is 3. The van der Waals surface area contributed by atoms with E-state index in [1.165, 1.54) is 30.5 Å². The summed E-state index contributed by atoms with van der Waals surface area (Å²) in [6.45, 7) is 1.59. The number of likely N-dealkylation sites (N-methyl/N-ethyl adjacent to an activating group) is 1. The zero-order chi connectivity index (χ0) is 24.8. The zero-order valence-electron chi connectivity index (χ0n) is 18.9. The Morgan fingerprint density at radius 2 is 2.26 bits per heavy atom. The molecule has 8 nitrogen and oxygen atoms in total. The topological polar surface area (TPSA) is 108 Å². The van der Waals surface area contributed by atoms with Gasteiger partial charge in [0.05, 0.1) is 40.7 Å². The maximum absolute atomic E-state index is 13.6. The second-order valence-electron chi connectivity index (χ2n) is 7.83. The van der Waals surface area contributed by atoms with E-state index in [9.17, 15) is 14.4 Å². The van der Waals surface area contributed by atoms with Crippen LogP contribution in [0.1, 0.15) is 12.0 Å². The fraction of sp³-hybridized carbons (Fsp3) is 0.240. The summed E-state index contributed by atoms with van der Waals surface area (Å²) >= 11 is 5.93. The molecule has 1 unspecified atom stereocenters. The predicted octanol–water partition coefficient (Wildman–Crippen LogP) is 4.52. The lowest BCUT2D eigenvalue weighted by atomic mass is 10.1. The van der Waals surface area contributed by atoms with Crippen LogP contribution in [-0.2, 0) is 9.53 Å². The maximum atomic E-state index is 13.6. The molecule has 0 saturated carbocycles. The van der Waals surface area contributed by atoms with Crippen molar-refractivity contribution in [2.24, 2.45) is 0 Å². The Kier molecular flexibility index (Phi) is 7.77. The molecule has 2 aromatic carbocycles. The van der Waals surface area contributed by atoms with Crippen molar-refractivity contribution in [3.05, 3.63) is 65.1 Å². The summed E-state index contributed by atoms with van der Waals surface area (Å²) < 4.78 is 25.2. The highest BCUT2D eigenvalue weighted by atomic mass is 35.5. The highest BCUT2D eigenvalue weighted by Gasteiger charge is 2.21. The molecule has 3 N–H and O–H groups in total. The standard InChI is InChI=1S/C25H23ClFN5O3/c1-29-7-2-3-24(33)32-22-10-18-21(11-23(22)35-17-6-8-34-14-17)30-13-15(12-28)25(18)31-16-4-5-20(27)19(26)9-16/h2-5,9-11,13,17,29H,6-8,14H2,1H3,(H,30,31)(H,32,33)/b3-2+. The highest BCUT2D eigenvalue weighted by Crippen LogP contribution is 2.37. The maximum Gasteiger partial charge on any atom is 0.248 e. The lowest BCUT2D eigenvalue weighted by molar-refractivity contribution is -0.111. The van der Waals surface area contributed by atoms with E-state index < -0.39 is 5.82 Å². The van der Waals surface area contributed by atoms with Gasteiger partial charge in [-0.15, -0.1) is 0 Å². The molecule has 1 fully saturated rings. The van der Waals surface area contributed by atoms with Crippen molar-refractivity contribution >= 4 is 45.5 Å². The van der Waals surface area contributed by atoms with Crippen LogP contribution in [0.15, 0.2) is 48.7 Å². The number of halogens is 2. The van der Waals surface area contributed by atoms with Crippen molar-refractivity contribution in [2.45, 2.75) is 12.5 Å². The van der Waals surface area contributed by atoms with E-state index in [1.54, 1.807) is 25.3 Å². The molecule has 180 valence electrons. The normalized spacial score (nSPS) is 15.3. The second kappa shape index (κ2) is 11.1. The van der Waals surface area contributed by atoms with Crippen LogP contribution >= 0.6 is 11.6 Å². The second-order valence-corrected chi connectivity index (χ2v) is 8.24. The van der Waals surface area contributed by atoms with E-state index in [0.717, 1.165) is 6.42 Å². The number of rotatable bonds is 8. The number of fused-ring (bicyclic) bond motifs is 1. The summed E-state index contributed by atoms with van der Waals surface area (Å²) in [5.74, 6) is -0.445. The summed E-state index contributed by atoms with van der Waals surface area (Å²) in [4.78, 5) is 16.9. The smallest absolute Gasteiger partial charge is 0.248 e. The number of benzene rings is 2. The van der Waals surface area contributed by atoms with Gasteiger partial charge in [-0.2, -0.15) is 5.26 Å². The van der Waals surface area contributed by atoms with Crippen molar-refractivity contribution in [3.63, 3.8) is 0 Å². The van der Waals surface area contributed by atoms with Crippen molar-refractivity contribution in [1.82, 2.24) is 10.3 Å². The van der Waals surface area contributed by atoms with Gasteiger partial charge in [0.1, 0.15) is 23.7 Å². The minimum atomic E-state index is -0.550. The van der Waals surface area contributed by atoms with Crippen LogP contribution in [-0.4, -0.2) is 43.8 Å². The molecule has 3 aromatic rings. The van der Waals surface area contributed by atoms with Crippen molar-refractivity contribution in [1.29, 1.82) is 5.26 Å². The number of ether oxygens (including phenoxy) is 2. The van der Waals surface area contributed by atoms with Crippen LogP contribution in [0.4, 0.5) is 21.5 Å². The lowest BCUT2D eigenvalue weighted by Gasteiger charge is -2.18. The predicted molar refractivity (Wildman–Crippen MR) is 133 cm³/mol. The molecular weight excluding hydrogens is 473 g/mol. The third-order valence-electron chi connectivity index (χ3n) is 5.31. The van der Waals surface area contributed by atoms with Crippen molar-refractivity contribution < 1.29 is 18.7 Å². The van der Waals surface area contributed by atoms with E-state index in [-0.39, 0.29) is 22.6 Å². The first kappa shape index (κ1) is 24.4. The van der Waals surface area contributed by atoms with Crippen LogP contribution in [0.25, 0.3) is 10.9 Å². The number of carbonyl (C=O) groups excluding carboxylic acids is 1. The Hall–Kier alpha value is -3.71. The van der Waals surface area contributed by atoms with Crippen LogP contribution < -0.4 is 20.7 Å². The van der Waals surface area contributed by atoms with Gasteiger partial charge >= 0.3 is 0 Å². The fourth-order valence-electron chi connectivity index (χ4n) is 3.60. The Labute approximate surface area is 206 Å². The summed E-state index contributed by atoms with van der Waals surface area (Å²) in [5, 5.41) is 19.1. The molecule has 1 aliphatic rings. The highest BCUT2D eigenvalue weighted by molar-refractivity contribution is 6.31. The van der Waals surface area contributed by atoms with Crippen molar-refractivity contribution in [3.8, 4) is 11.8 Å². The van der Waals surface area contributed by atoms with E-state index >= 15 is 0 Å². The molecule has 10 heteroatoms. The first-order chi connectivity index (χ1) is 17.0. The molecule has 0 bridgehead atoms. The van der Waals surface area contributed by atoms with Gasteiger partial charge in [0.15, 0.2) is 0 Å². The van der Waals surface area contributed by atoms with Crippen LogP contribution in [0.5, 0.6) is 5.75 Å². The molecule has 1 atom stereocenters. The van der Waals surface area contributed by atoms with E-state index in [2.05, 4.69) is 27.0 Å². The number of nitrogens with zero attached hydrogens (tertiary/aromatic N) is 2. The summed E-state index contributed by atoms with van der Waals surface area (Å²) in [6.07, 6.45) is 5.14. The Morgan fingerprint density at radius 1 is 1.40 bits per heavy atom. The zero-order valence-corrected chi connectivity index (χ0v) is 19.7. The molecular formula is C25H23ClFN5O3. The SMILES string of the molecule is CNC/C=C/C(=O)Nc1cc2c(Nc3ccc(F)c(Cl)c3)c(C#N)cnc2cc1OC1CCOC1. The Morgan fingerprint density at radius 3 is 2.97 bits per heavy atom. The average molecular weight is 496 g/mol. The van der Waals surface area contributed by atoms with Gasteiger partial charge in [0.2, 0.25) is 5.91 Å². The van der Waals surface area contributed by atoms with Crippen molar-refractivity contribution in [2.75, 3.05) is 37.4 Å². The van der Waals surface area contributed by atoms with Gasteiger partial charge in [0, 0.05) is 42.4 Å². The molecule has 0 aliphatic carbocycles. The van der Waals surface area contributed by atoms with Crippen LogP contribution in [0.2, 0.25) is 5.02 Å². The average Bonchev–Trinajstić information content (AvgIpc) is 3.35. The van der Waals surface area contributed by atoms with Gasteiger partial charge in [-0.05, 0) is 31.3 Å². The monoisotopic (exact) mass is 495 g/mol. The van der Waals surface area contributed by atoms with Crippen LogP contribution in [0.3, 0.4) is 0 Å². The number of nitriles is 1. The Bertz CT molecular complexity index is 1320. The van der Waals surface area contributed by atoms with Gasteiger partial charge in [-0.3, -0.25) is 9.78 Å². The number of amides is 1. The van der Waals surface area contributed by atoms with Crippen LogP contribution in [0, 0.1) is 17.1 Å². The summed E-state index contributed by atoms with van der Waals surface area (Å²) in [7, 11) is 1.78. The quantitative estimate of drug-likeness (QED) is 0.394. The fourth-order valence-corrected chi connectivity index (χ4v) is 3.78. The third kappa shape index (κ3) is 5.87.